The summed E-state index contributed by atoms with van der Waals surface area (Å²) in [6, 6.07) is 26.0. The average Bonchev–Trinajstić information content (AvgIpc) is 2.84. The molecule has 0 aliphatic carbocycles. The van der Waals surface area contributed by atoms with Crippen LogP contribution in [0.3, 0.4) is 0 Å². The Balaban J connectivity index is 1.22. The van der Waals surface area contributed by atoms with Crippen molar-refractivity contribution in [3.8, 4) is 0 Å². The van der Waals surface area contributed by atoms with Gasteiger partial charge in [-0.15, -0.1) is 11.8 Å². The quantitative estimate of drug-likeness (QED) is 0.344. The molecular weight excluding hydrogens is 438 g/mol. The molecule has 0 radical (unpaired) electrons. The third-order valence-electron chi connectivity index (χ3n) is 5.43. The van der Waals surface area contributed by atoms with Crippen LogP contribution in [0.25, 0.3) is 0 Å². The predicted octanol–water partition coefficient (Wildman–Crippen LogP) is 6.01. The Kier molecular flexibility index (Phi) is 7.99. The highest BCUT2D eigenvalue weighted by atomic mass is 35.5. The summed E-state index contributed by atoms with van der Waals surface area (Å²) in [5.41, 5.74) is 6.90. The van der Waals surface area contributed by atoms with E-state index in [-0.39, 0.29) is 5.91 Å². The lowest BCUT2D eigenvalue weighted by molar-refractivity contribution is 0.0954. The van der Waals surface area contributed by atoms with Gasteiger partial charge in [0.25, 0.3) is 5.91 Å². The monoisotopic (exact) mass is 463 g/mol. The topological polar surface area (TPSA) is 44.7 Å². The Morgan fingerprint density at radius 2 is 1.59 bits per heavy atom. The zero-order valence-electron chi connectivity index (χ0n) is 17.8. The molecule has 0 bridgehead atoms. The van der Waals surface area contributed by atoms with Gasteiger partial charge in [-0.25, -0.2) is 5.43 Å². The fourth-order valence-corrected chi connectivity index (χ4v) is 4.55. The Bertz CT molecular complexity index is 1040. The first-order valence-corrected chi connectivity index (χ1v) is 12.1. The van der Waals surface area contributed by atoms with Crippen molar-refractivity contribution >= 4 is 35.0 Å². The second-order valence-corrected chi connectivity index (χ2v) is 9.31. The zero-order valence-corrected chi connectivity index (χ0v) is 19.4. The van der Waals surface area contributed by atoms with Gasteiger partial charge in [-0.2, -0.15) is 5.10 Å². The number of hydrogen-bond acceptors (Lipinski definition) is 4. The predicted molar refractivity (Wildman–Crippen MR) is 133 cm³/mol. The third-order valence-corrected chi connectivity index (χ3v) is 6.77. The van der Waals surface area contributed by atoms with Crippen LogP contribution in [0.1, 0.15) is 34.3 Å². The number of likely N-dealkylation sites (tertiary alicyclic amines) is 1. The number of halogens is 1. The molecule has 1 saturated heterocycles. The van der Waals surface area contributed by atoms with E-state index >= 15 is 0 Å². The summed E-state index contributed by atoms with van der Waals surface area (Å²) >= 11 is 7.67. The van der Waals surface area contributed by atoms with Crippen LogP contribution in [0.4, 0.5) is 0 Å². The SMILES string of the molecule is O=C(NN=C1CCN(Cc2ccccc2)CC1)c1ccc(CSc2ccc(Cl)cc2)cc1. The molecule has 3 aromatic rings. The Labute approximate surface area is 198 Å². The molecule has 1 N–H and O–H groups in total. The molecule has 0 saturated carbocycles. The first-order valence-electron chi connectivity index (χ1n) is 10.7. The van der Waals surface area contributed by atoms with Gasteiger partial charge in [0, 0.05) is 59.4 Å². The van der Waals surface area contributed by atoms with E-state index in [0.29, 0.717) is 5.56 Å². The first kappa shape index (κ1) is 22.6. The lowest BCUT2D eigenvalue weighted by Crippen LogP contribution is -2.34. The standard InChI is InChI=1S/C26H26ClN3OS/c27-23-10-12-25(13-11-23)32-19-21-6-8-22(9-7-21)26(31)29-28-24-14-16-30(17-15-24)18-20-4-2-1-3-5-20/h1-13H,14-19H2,(H,29,31). The van der Waals surface area contributed by atoms with Crippen LogP contribution in [0.2, 0.25) is 5.02 Å². The number of nitrogens with one attached hydrogen (secondary N) is 1. The zero-order chi connectivity index (χ0) is 22.2. The summed E-state index contributed by atoms with van der Waals surface area (Å²) in [4.78, 5) is 16.1. The molecule has 32 heavy (non-hydrogen) atoms. The molecule has 1 heterocycles. The Morgan fingerprint density at radius 1 is 0.906 bits per heavy atom. The minimum atomic E-state index is -0.166. The molecule has 0 unspecified atom stereocenters. The Morgan fingerprint density at radius 3 is 2.28 bits per heavy atom. The molecule has 1 aliphatic rings. The molecule has 0 spiro atoms. The maximum Gasteiger partial charge on any atom is 0.271 e. The van der Waals surface area contributed by atoms with Crippen LogP contribution in [0.5, 0.6) is 0 Å². The van der Waals surface area contributed by atoms with Crippen molar-refractivity contribution in [1.29, 1.82) is 0 Å². The highest BCUT2D eigenvalue weighted by Crippen LogP contribution is 2.24. The molecule has 0 atom stereocenters. The summed E-state index contributed by atoms with van der Waals surface area (Å²) in [6.45, 7) is 2.89. The van der Waals surface area contributed by atoms with E-state index in [1.165, 1.54) is 16.0 Å². The molecular formula is C26H26ClN3OS. The van der Waals surface area contributed by atoms with Gasteiger partial charge in [0.1, 0.15) is 0 Å². The van der Waals surface area contributed by atoms with Gasteiger partial charge in [-0.1, -0.05) is 54.1 Å². The number of rotatable bonds is 7. The maximum absolute atomic E-state index is 12.5. The fourth-order valence-electron chi connectivity index (χ4n) is 3.57. The summed E-state index contributed by atoms with van der Waals surface area (Å²) in [6.07, 6.45) is 1.77. The van der Waals surface area contributed by atoms with E-state index in [4.69, 9.17) is 11.6 Å². The number of benzene rings is 3. The fraction of sp³-hybridized carbons (Fsp3) is 0.231. The lowest BCUT2D eigenvalue weighted by Gasteiger charge is -2.27. The molecule has 3 aromatic carbocycles. The summed E-state index contributed by atoms with van der Waals surface area (Å²) in [7, 11) is 0. The second kappa shape index (κ2) is 11.3. The van der Waals surface area contributed by atoms with Crippen molar-refractivity contribution in [2.24, 2.45) is 5.10 Å². The van der Waals surface area contributed by atoms with E-state index < -0.39 is 0 Å². The number of carbonyl (C=O) groups is 1. The maximum atomic E-state index is 12.5. The number of hydrogen-bond donors (Lipinski definition) is 1. The van der Waals surface area contributed by atoms with Crippen molar-refractivity contribution < 1.29 is 4.79 Å². The van der Waals surface area contributed by atoms with Gasteiger partial charge in [-0.3, -0.25) is 9.69 Å². The number of thioether (sulfide) groups is 1. The summed E-state index contributed by atoms with van der Waals surface area (Å²) in [5.74, 6) is 0.673. The number of piperidine rings is 1. The molecule has 1 amide bonds. The van der Waals surface area contributed by atoms with Gasteiger partial charge >= 0.3 is 0 Å². The van der Waals surface area contributed by atoms with E-state index in [2.05, 4.69) is 39.7 Å². The average molecular weight is 464 g/mol. The summed E-state index contributed by atoms with van der Waals surface area (Å²) < 4.78 is 0. The lowest BCUT2D eigenvalue weighted by atomic mass is 10.1. The van der Waals surface area contributed by atoms with Crippen LogP contribution in [0.15, 0.2) is 88.9 Å². The molecule has 0 aromatic heterocycles. The van der Waals surface area contributed by atoms with E-state index in [1.807, 2.05) is 54.6 Å². The third kappa shape index (κ3) is 6.70. The molecule has 6 heteroatoms. The second-order valence-electron chi connectivity index (χ2n) is 7.82. The van der Waals surface area contributed by atoms with Crippen LogP contribution < -0.4 is 5.43 Å². The number of carbonyl (C=O) groups excluding carboxylic acids is 1. The normalized spacial score (nSPS) is 14.2. The van der Waals surface area contributed by atoms with Gasteiger partial charge in [0.05, 0.1) is 0 Å². The van der Waals surface area contributed by atoms with Gasteiger partial charge in [0.2, 0.25) is 0 Å². The van der Waals surface area contributed by atoms with E-state index in [1.54, 1.807) is 11.8 Å². The van der Waals surface area contributed by atoms with Crippen molar-refractivity contribution in [2.45, 2.75) is 30.0 Å². The van der Waals surface area contributed by atoms with Gasteiger partial charge in [-0.05, 0) is 47.5 Å². The van der Waals surface area contributed by atoms with E-state index in [0.717, 1.165) is 49.0 Å². The van der Waals surface area contributed by atoms with Crippen molar-refractivity contribution in [3.05, 3.63) is 101 Å². The molecule has 164 valence electrons. The molecule has 4 rings (SSSR count). The van der Waals surface area contributed by atoms with Crippen LogP contribution >= 0.6 is 23.4 Å². The molecule has 1 aliphatic heterocycles. The van der Waals surface area contributed by atoms with Crippen LogP contribution in [-0.4, -0.2) is 29.6 Å². The highest BCUT2D eigenvalue weighted by molar-refractivity contribution is 7.98. The smallest absolute Gasteiger partial charge is 0.271 e. The largest absolute Gasteiger partial charge is 0.298 e. The number of hydrazone groups is 1. The van der Waals surface area contributed by atoms with Crippen molar-refractivity contribution in [3.63, 3.8) is 0 Å². The van der Waals surface area contributed by atoms with Gasteiger partial charge < -0.3 is 0 Å². The number of amides is 1. The minimum absolute atomic E-state index is 0.166. The van der Waals surface area contributed by atoms with Crippen LogP contribution in [-0.2, 0) is 12.3 Å². The molecule has 4 nitrogen and oxygen atoms in total. The van der Waals surface area contributed by atoms with Gasteiger partial charge in [0.15, 0.2) is 0 Å². The van der Waals surface area contributed by atoms with Crippen molar-refractivity contribution in [1.82, 2.24) is 10.3 Å². The highest BCUT2D eigenvalue weighted by Gasteiger charge is 2.15. The first-order chi connectivity index (χ1) is 15.7. The minimum Gasteiger partial charge on any atom is -0.298 e. The summed E-state index contributed by atoms with van der Waals surface area (Å²) in [5, 5.41) is 5.12. The number of nitrogens with zero attached hydrogens (tertiary/aromatic N) is 2. The Hall–Kier alpha value is -2.60. The van der Waals surface area contributed by atoms with E-state index in [9.17, 15) is 4.79 Å². The van der Waals surface area contributed by atoms with Crippen LogP contribution in [0, 0.1) is 0 Å². The van der Waals surface area contributed by atoms with Crippen molar-refractivity contribution in [2.75, 3.05) is 13.1 Å². The molecule has 1 fully saturated rings.